The molecule has 3 heteroatoms. The van der Waals surface area contributed by atoms with E-state index in [4.69, 9.17) is 0 Å². The second kappa shape index (κ2) is 5.19. The van der Waals surface area contributed by atoms with Crippen LogP contribution in [0.5, 0.6) is 0 Å². The zero-order valence-corrected chi connectivity index (χ0v) is 13.5. The number of hydrogen-bond acceptors (Lipinski definition) is 2. The van der Waals surface area contributed by atoms with Crippen molar-refractivity contribution in [3.8, 4) is 0 Å². The van der Waals surface area contributed by atoms with Gasteiger partial charge in [-0.25, -0.2) is 0 Å². The summed E-state index contributed by atoms with van der Waals surface area (Å²) in [5.41, 5.74) is 3.38. The van der Waals surface area contributed by atoms with E-state index in [1.54, 1.807) is 11.1 Å². The molecule has 0 aromatic heterocycles. The highest BCUT2D eigenvalue weighted by molar-refractivity contribution is 9.10. The van der Waals surface area contributed by atoms with Crippen LogP contribution in [0.1, 0.15) is 31.4 Å². The predicted molar refractivity (Wildman–Crippen MR) is 83.6 cm³/mol. The molecule has 1 unspecified atom stereocenters. The molecular formula is C16H23BrN2. The first-order valence-electron chi connectivity index (χ1n) is 7.31. The second-order valence-electron chi connectivity index (χ2n) is 6.49. The molecule has 1 aliphatic carbocycles. The highest BCUT2D eigenvalue weighted by Crippen LogP contribution is 2.30. The summed E-state index contributed by atoms with van der Waals surface area (Å²) >= 11 is 3.58. The minimum Gasteiger partial charge on any atom is -0.314 e. The summed E-state index contributed by atoms with van der Waals surface area (Å²) in [6.07, 6.45) is 3.73. The molecular weight excluding hydrogens is 300 g/mol. The van der Waals surface area contributed by atoms with E-state index in [0.29, 0.717) is 6.04 Å². The zero-order chi connectivity index (χ0) is 13.5. The number of halogens is 1. The van der Waals surface area contributed by atoms with Gasteiger partial charge in [-0.15, -0.1) is 0 Å². The first kappa shape index (κ1) is 13.6. The van der Waals surface area contributed by atoms with Gasteiger partial charge in [-0.3, -0.25) is 4.90 Å². The summed E-state index contributed by atoms with van der Waals surface area (Å²) in [6, 6.07) is 7.50. The van der Waals surface area contributed by atoms with Gasteiger partial charge >= 0.3 is 0 Å². The Kier molecular flexibility index (Phi) is 3.71. The van der Waals surface area contributed by atoms with Gasteiger partial charge in [-0.1, -0.05) is 22.0 Å². The van der Waals surface area contributed by atoms with Crippen molar-refractivity contribution < 1.29 is 0 Å². The van der Waals surface area contributed by atoms with Crippen LogP contribution < -0.4 is 5.32 Å². The van der Waals surface area contributed by atoms with Crippen molar-refractivity contribution in [2.45, 2.75) is 44.7 Å². The fraction of sp³-hybridized carbons (Fsp3) is 0.625. The van der Waals surface area contributed by atoms with Gasteiger partial charge in [0.25, 0.3) is 0 Å². The molecule has 0 spiro atoms. The van der Waals surface area contributed by atoms with Gasteiger partial charge in [0.15, 0.2) is 0 Å². The Morgan fingerprint density at radius 3 is 2.95 bits per heavy atom. The lowest BCUT2D eigenvalue weighted by atomic mass is 9.85. The minimum atomic E-state index is 0.287. The van der Waals surface area contributed by atoms with Crippen molar-refractivity contribution in [3.63, 3.8) is 0 Å². The van der Waals surface area contributed by atoms with Crippen LogP contribution in [0.4, 0.5) is 0 Å². The molecule has 1 heterocycles. The summed E-state index contributed by atoms with van der Waals surface area (Å²) in [7, 11) is 0. The van der Waals surface area contributed by atoms with E-state index in [-0.39, 0.29) is 5.54 Å². The van der Waals surface area contributed by atoms with Crippen LogP contribution in [0, 0.1) is 0 Å². The van der Waals surface area contributed by atoms with Crippen molar-refractivity contribution in [1.82, 2.24) is 10.2 Å². The van der Waals surface area contributed by atoms with Crippen LogP contribution in [0.25, 0.3) is 0 Å². The molecule has 2 nitrogen and oxygen atoms in total. The molecule has 3 rings (SSSR count). The lowest BCUT2D eigenvalue weighted by Crippen LogP contribution is -2.62. The Labute approximate surface area is 124 Å². The summed E-state index contributed by atoms with van der Waals surface area (Å²) in [5.74, 6) is 0. The van der Waals surface area contributed by atoms with Crippen molar-refractivity contribution >= 4 is 15.9 Å². The van der Waals surface area contributed by atoms with E-state index in [1.165, 1.54) is 30.3 Å². The van der Waals surface area contributed by atoms with Gasteiger partial charge in [0.1, 0.15) is 0 Å². The van der Waals surface area contributed by atoms with E-state index in [9.17, 15) is 0 Å². The molecule has 1 aliphatic heterocycles. The minimum absolute atomic E-state index is 0.287. The third-order valence-electron chi connectivity index (χ3n) is 4.68. The molecule has 0 saturated carbocycles. The zero-order valence-electron chi connectivity index (χ0n) is 11.9. The Bertz CT molecular complexity index is 470. The molecule has 1 N–H and O–H groups in total. The van der Waals surface area contributed by atoms with E-state index < -0.39 is 0 Å². The molecule has 0 amide bonds. The van der Waals surface area contributed by atoms with E-state index >= 15 is 0 Å². The predicted octanol–water partition coefficient (Wildman–Crippen LogP) is 2.99. The normalized spacial score (nSPS) is 27.0. The average Bonchev–Trinajstić information content (AvgIpc) is 2.38. The number of nitrogens with zero attached hydrogens (tertiary/aromatic N) is 1. The summed E-state index contributed by atoms with van der Waals surface area (Å²) in [6.45, 7) is 8.17. The fourth-order valence-corrected chi connectivity index (χ4v) is 4.05. The van der Waals surface area contributed by atoms with Gasteiger partial charge in [-0.05, 0) is 56.4 Å². The lowest BCUT2D eigenvalue weighted by Gasteiger charge is -2.48. The van der Waals surface area contributed by atoms with Crippen molar-refractivity contribution in [2.24, 2.45) is 0 Å². The van der Waals surface area contributed by atoms with Crippen LogP contribution in [-0.4, -0.2) is 36.1 Å². The SMILES string of the molecule is CC1(C)CNCCN1C1CCc2cc(Br)ccc2C1. The Hall–Kier alpha value is -0.380. The molecule has 1 aromatic carbocycles. The number of piperazine rings is 1. The number of benzene rings is 1. The topological polar surface area (TPSA) is 15.3 Å². The maximum absolute atomic E-state index is 3.58. The number of nitrogens with one attached hydrogen (secondary N) is 1. The van der Waals surface area contributed by atoms with Gasteiger partial charge in [0.2, 0.25) is 0 Å². The number of fused-ring (bicyclic) bond motifs is 1. The maximum atomic E-state index is 3.58. The molecule has 0 bridgehead atoms. The molecule has 1 atom stereocenters. The number of hydrogen-bond donors (Lipinski definition) is 1. The average molecular weight is 323 g/mol. The molecule has 0 radical (unpaired) electrons. The maximum Gasteiger partial charge on any atom is 0.0281 e. The Morgan fingerprint density at radius 1 is 1.32 bits per heavy atom. The van der Waals surface area contributed by atoms with Gasteiger partial charge in [0, 0.05) is 35.7 Å². The Morgan fingerprint density at radius 2 is 2.16 bits per heavy atom. The fourth-order valence-electron chi connectivity index (χ4n) is 3.65. The monoisotopic (exact) mass is 322 g/mol. The lowest BCUT2D eigenvalue weighted by molar-refractivity contribution is 0.0387. The quantitative estimate of drug-likeness (QED) is 0.855. The summed E-state index contributed by atoms with van der Waals surface area (Å²) in [5, 5.41) is 3.52. The van der Waals surface area contributed by atoms with Crippen LogP contribution in [0.15, 0.2) is 22.7 Å². The number of rotatable bonds is 1. The largest absolute Gasteiger partial charge is 0.314 e. The highest BCUT2D eigenvalue weighted by atomic mass is 79.9. The van der Waals surface area contributed by atoms with Gasteiger partial charge in [0.05, 0.1) is 0 Å². The summed E-state index contributed by atoms with van der Waals surface area (Å²) in [4.78, 5) is 2.73. The number of aryl methyl sites for hydroxylation is 1. The van der Waals surface area contributed by atoms with Gasteiger partial charge in [-0.2, -0.15) is 0 Å². The summed E-state index contributed by atoms with van der Waals surface area (Å²) < 4.78 is 1.22. The molecule has 1 saturated heterocycles. The molecule has 1 fully saturated rings. The first-order valence-corrected chi connectivity index (χ1v) is 8.10. The van der Waals surface area contributed by atoms with Crippen LogP contribution in [-0.2, 0) is 12.8 Å². The van der Waals surface area contributed by atoms with E-state index in [1.807, 2.05) is 0 Å². The molecule has 1 aromatic rings. The smallest absolute Gasteiger partial charge is 0.0281 e. The second-order valence-corrected chi connectivity index (χ2v) is 7.41. The third kappa shape index (κ3) is 2.74. The standard InChI is InChI=1S/C16H23BrN2/c1-16(2)11-18-7-8-19(16)15-6-4-12-9-14(17)5-3-13(12)10-15/h3,5,9,15,18H,4,6-8,10-11H2,1-2H3. The first-order chi connectivity index (χ1) is 9.06. The van der Waals surface area contributed by atoms with Crippen molar-refractivity contribution in [2.75, 3.05) is 19.6 Å². The van der Waals surface area contributed by atoms with Crippen molar-refractivity contribution in [3.05, 3.63) is 33.8 Å². The van der Waals surface area contributed by atoms with E-state index in [2.05, 4.69) is 58.2 Å². The van der Waals surface area contributed by atoms with E-state index in [0.717, 1.165) is 13.1 Å². The van der Waals surface area contributed by atoms with Gasteiger partial charge < -0.3 is 5.32 Å². The van der Waals surface area contributed by atoms with Crippen LogP contribution >= 0.6 is 15.9 Å². The molecule has 19 heavy (non-hydrogen) atoms. The van der Waals surface area contributed by atoms with Crippen molar-refractivity contribution in [1.29, 1.82) is 0 Å². The third-order valence-corrected chi connectivity index (χ3v) is 5.17. The van der Waals surface area contributed by atoms with Crippen LogP contribution in [0.3, 0.4) is 0 Å². The highest BCUT2D eigenvalue weighted by Gasteiger charge is 2.35. The Balaban J connectivity index is 1.79. The molecule has 104 valence electrons. The molecule has 2 aliphatic rings. The van der Waals surface area contributed by atoms with Crippen LogP contribution in [0.2, 0.25) is 0 Å².